The summed E-state index contributed by atoms with van der Waals surface area (Å²) in [5.41, 5.74) is 0.218. The van der Waals surface area contributed by atoms with Gasteiger partial charge in [0.25, 0.3) is 0 Å². The molecule has 0 bridgehead atoms. The number of benzene rings is 2. The molecule has 0 saturated carbocycles. The first kappa shape index (κ1) is 21.3. The average Bonchev–Trinajstić information content (AvgIpc) is 3.32. The highest BCUT2D eigenvalue weighted by molar-refractivity contribution is 6.32. The maximum absolute atomic E-state index is 13.8. The molecule has 2 aliphatic rings. The second kappa shape index (κ2) is 7.79. The van der Waals surface area contributed by atoms with Crippen LogP contribution in [-0.4, -0.2) is 27.9 Å². The Hall–Kier alpha value is -3.55. The highest BCUT2D eigenvalue weighted by Gasteiger charge is 2.69. The molecule has 2 aliphatic heterocycles. The fraction of sp³-hybridized carbons (Fsp3) is 0.200. The van der Waals surface area contributed by atoms with E-state index in [1.165, 1.54) is 0 Å². The number of aliphatic carboxylic acids is 1. The summed E-state index contributed by atoms with van der Waals surface area (Å²) in [7, 11) is 0. The smallest absolute Gasteiger partial charge is 0.329 e. The van der Waals surface area contributed by atoms with E-state index in [9.17, 15) is 19.5 Å². The lowest BCUT2D eigenvalue weighted by Crippen LogP contribution is -2.53. The number of rotatable bonds is 4. The van der Waals surface area contributed by atoms with E-state index in [4.69, 9.17) is 11.6 Å². The number of carboxylic acids is 1. The van der Waals surface area contributed by atoms with Gasteiger partial charge in [0.05, 0.1) is 29.3 Å². The second-order valence-electron chi connectivity index (χ2n) is 8.30. The first-order chi connectivity index (χ1) is 15.9. The van der Waals surface area contributed by atoms with Gasteiger partial charge in [-0.15, -0.1) is 0 Å². The summed E-state index contributed by atoms with van der Waals surface area (Å²) < 4.78 is 0. The second-order valence-corrected chi connectivity index (χ2v) is 8.71. The van der Waals surface area contributed by atoms with Crippen LogP contribution in [0.5, 0.6) is 0 Å². The first-order valence-corrected chi connectivity index (χ1v) is 10.9. The molecule has 4 atom stereocenters. The van der Waals surface area contributed by atoms with E-state index < -0.39 is 41.2 Å². The molecule has 2 amide bonds. The van der Waals surface area contributed by atoms with Crippen LogP contribution in [0.4, 0.5) is 5.69 Å². The maximum Gasteiger partial charge on any atom is 0.329 e. The van der Waals surface area contributed by atoms with Gasteiger partial charge in [-0.3, -0.25) is 19.9 Å². The highest BCUT2D eigenvalue weighted by atomic mass is 35.5. The number of carboxylic acid groups (broad SMARTS) is 1. The predicted octanol–water partition coefficient (Wildman–Crippen LogP) is 3.47. The molecule has 0 radical (unpaired) electrons. The lowest BCUT2D eigenvalue weighted by molar-refractivity contribution is -0.149. The molecule has 2 N–H and O–H groups in total. The molecule has 2 aromatic carbocycles. The zero-order valence-electron chi connectivity index (χ0n) is 17.6. The van der Waals surface area contributed by atoms with Gasteiger partial charge in [-0.1, -0.05) is 54.1 Å². The van der Waals surface area contributed by atoms with Crippen molar-refractivity contribution in [3.63, 3.8) is 0 Å². The molecule has 4 unspecified atom stereocenters. The molecule has 5 rings (SSSR count). The summed E-state index contributed by atoms with van der Waals surface area (Å²) >= 11 is 6.27. The molecule has 33 heavy (non-hydrogen) atoms. The Morgan fingerprint density at radius 2 is 1.79 bits per heavy atom. The fourth-order valence-corrected chi connectivity index (χ4v) is 5.16. The van der Waals surface area contributed by atoms with Crippen molar-refractivity contribution in [2.24, 2.45) is 11.8 Å². The zero-order chi connectivity index (χ0) is 23.3. The Balaban J connectivity index is 1.71. The third-order valence-electron chi connectivity index (χ3n) is 6.55. The number of hydrogen-bond donors (Lipinski definition) is 2. The minimum absolute atomic E-state index is 0.321. The van der Waals surface area contributed by atoms with Crippen LogP contribution in [0.2, 0.25) is 5.02 Å². The van der Waals surface area contributed by atoms with Crippen LogP contribution in [0.15, 0.2) is 72.9 Å². The number of hydrogen-bond acceptors (Lipinski definition) is 5. The van der Waals surface area contributed by atoms with E-state index in [1.54, 1.807) is 72.9 Å². The minimum Gasteiger partial charge on any atom is -0.480 e. The first-order valence-electron chi connectivity index (χ1n) is 10.5. The van der Waals surface area contributed by atoms with Crippen molar-refractivity contribution < 1.29 is 19.5 Å². The number of aromatic nitrogens is 1. The standard InChI is InChI=1S/C25H20ClN3O4/c1-14-10-11-16(13-17(14)26)29-22(30)19-20(23(29)31)25(24(32)33,15-7-3-2-4-8-15)28-21(19)18-9-5-6-12-27-18/h2-13,19-21,28H,1H3,(H,32,33). The zero-order valence-corrected chi connectivity index (χ0v) is 18.4. The van der Waals surface area contributed by atoms with Crippen LogP contribution >= 0.6 is 11.6 Å². The molecular weight excluding hydrogens is 442 g/mol. The largest absolute Gasteiger partial charge is 0.480 e. The van der Waals surface area contributed by atoms with Crippen LogP contribution < -0.4 is 10.2 Å². The van der Waals surface area contributed by atoms with Gasteiger partial charge in [0, 0.05) is 11.2 Å². The van der Waals surface area contributed by atoms with Gasteiger partial charge < -0.3 is 5.11 Å². The van der Waals surface area contributed by atoms with Crippen molar-refractivity contribution in [3.8, 4) is 0 Å². The predicted molar refractivity (Wildman–Crippen MR) is 122 cm³/mol. The number of nitrogens with one attached hydrogen (secondary N) is 1. The van der Waals surface area contributed by atoms with Crippen molar-refractivity contribution in [2.75, 3.05) is 4.90 Å². The van der Waals surface area contributed by atoms with Gasteiger partial charge in [-0.05, 0) is 42.3 Å². The number of halogens is 1. The number of aryl methyl sites for hydroxylation is 1. The molecule has 0 spiro atoms. The molecule has 3 aromatic rings. The van der Waals surface area contributed by atoms with Crippen LogP contribution in [0.25, 0.3) is 0 Å². The molecule has 0 aliphatic carbocycles. The molecule has 7 nitrogen and oxygen atoms in total. The van der Waals surface area contributed by atoms with Crippen molar-refractivity contribution in [3.05, 3.63) is 94.8 Å². The average molecular weight is 462 g/mol. The van der Waals surface area contributed by atoms with Crippen LogP contribution in [0.3, 0.4) is 0 Å². The van der Waals surface area contributed by atoms with Gasteiger partial charge in [0.1, 0.15) is 0 Å². The van der Waals surface area contributed by atoms with Gasteiger partial charge in [-0.25, -0.2) is 9.69 Å². The van der Waals surface area contributed by atoms with E-state index in [-0.39, 0.29) is 0 Å². The summed E-state index contributed by atoms with van der Waals surface area (Å²) in [4.78, 5) is 45.8. The number of fused-ring (bicyclic) bond motifs is 1. The molecule has 166 valence electrons. The molecule has 2 saturated heterocycles. The SMILES string of the molecule is Cc1ccc(N2C(=O)C3C(c4ccccn4)NC(C(=O)O)(c4ccccc4)C3C2=O)cc1Cl. The number of imide groups is 1. The van der Waals surface area contributed by atoms with E-state index in [2.05, 4.69) is 10.3 Å². The van der Waals surface area contributed by atoms with Crippen LogP contribution in [0.1, 0.15) is 22.9 Å². The summed E-state index contributed by atoms with van der Waals surface area (Å²) in [5.74, 6) is -4.41. The lowest BCUT2D eigenvalue weighted by Gasteiger charge is -2.31. The quantitative estimate of drug-likeness (QED) is 0.577. The molecule has 1 aromatic heterocycles. The molecule has 8 heteroatoms. The number of nitrogens with zero attached hydrogens (tertiary/aromatic N) is 2. The van der Waals surface area contributed by atoms with Gasteiger partial charge >= 0.3 is 5.97 Å². The van der Waals surface area contributed by atoms with Crippen LogP contribution in [-0.2, 0) is 19.9 Å². The van der Waals surface area contributed by atoms with E-state index in [1.807, 2.05) is 6.92 Å². The minimum atomic E-state index is -1.80. The van der Waals surface area contributed by atoms with Gasteiger partial charge in [0.2, 0.25) is 11.8 Å². The number of amides is 2. The number of carbonyl (C=O) groups is 3. The normalized spacial score (nSPS) is 26.5. The Bertz CT molecular complexity index is 1270. The Morgan fingerprint density at radius 1 is 1.06 bits per heavy atom. The number of carbonyl (C=O) groups excluding carboxylic acids is 2. The lowest BCUT2D eigenvalue weighted by atomic mass is 9.75. The molecular formula is C25H20ClN3O4. The van der Waals surface area contributed by atoms with E-state index >= 15 is 0 Å². The Kier molecular flexibility index (Phi) is 5.03. The third kappa shape index (κ3) is 3.08. The third-order valence-corrected chi connectivity index (χ3v) is 6.95. The van der Waals surface area contributed by atoms with Crippen molar-refractivity contribution in [2.45, 2.75) is 18.5 Å². The van der Waals surface area contributed by atoms with E-state index in [0.29, 0.717) is 22.0 Å². The summed E-state index contributed by atoms with van der Waals surface area (Å²) in [6.07, 6.45) is 1.58. The van der Waals surface area contributed by atoms with E-state index in [0.717, 1.165) is 10.5 Å². The number of anilines is 1. The highest BCUT2D eigenvalue weighted by Crippen LogP contribution is 2.53. The van der Waals surface area contributed by atoms with Gasteiger partial charge in [0.15, 0.2) is 5.54 Å². The van der Waals surface area contributed by atoms with Crippen LogP contribution in [0, 0.1) is 18.8 Å². The monoisotopic (exact) mass is 461 g/mol. The number of pyridine rings is 1. The summed E-state index contributed by atoms with van der Waals surface area (Å²) in [5, 5.41) is 14.0. The maximum atomic E-state index is 13.8. The Labute approximate surface area is 195 Å². The van der Waals surface area contributed by atoms with Gasteiger partial charge in [-0.2, -0.15) is 0 Å². The van der Waals surface area contributed by atoms with Crippen molar-refractivity contribution in [1.29, 1.82) is 0 Å². The Morgan fingerprint density at radius 3 is 2.42 bits per heavy atom. The molecule has 2 fully saturated rings. The van der Waals surface area contributed by atoms with Crippen molar-refractivity contribution in [1.82, 2.24) is 10.3 Å². The topological polar surface area (TPSA) is 99.6 Å². The molecule has 3 heterocycles. The summed E-state index contributed by atoms with van der Waals surface area (Å²) in [6, 6.07) is 17.9. The van der Waals surface area contributed by atoms with Crippen molar-refractivity contribution >= 4 is 35.1 Å². The summed E-state index contributed by atoms with van der Waals surface area (Å²) in [6.45, 7) is 1.82. The fourth-order valence-electron chi connectivity index (χ4n) is 4.98.